The minimum Gasteiger partial charge on any atom is -0.357 e. The van der Waals surface area contributed by atoms with Crippen LogP contribution in [0, 0.1) is 18.3 Å². The third-order valence-electron chi connectivity index (χ3n) is 4.37. The largest absolute Gasteiger partial charge is 0.357 e. The van der Waals surface area contributed by atoms with Crippen LogP contribution < -0.4 is 16.0 Å². The first kappa shape index (κ1) is 24.8. The standard InChI is InChI=1S/C21H29N5O2.HI/c1-5-16-8-7-9-17(12-16)24-19(27)13-23-21(22-6-2)25-18-10-11-26(14-18)20(28)15(3)4;/h1,7-9,12,15,18H,6,10-11,13-14H2,2-4H3,(H,24,27)(H2,22,23,25);1H. The Bertz CT molecular complexity index is 773. The molecular formula is C21H30IN5O2. The third-order valence-corrected chi connectivity index (χ3v) is 4.37. The Hall–Kier alpha value is -2.28. The van der Waals surface area contributed by atoms with Crippen LogP contribution in [0.5, 0.6) is 0 Å². The van der Waals surface area contributed by atoms with Crippen molar-refractivity contribution in [2.45, 2.75) is 33.2 Å². The fourth-order valence-electron chi connectivity index (χ4n) is 2.99. The molecule has 0 aromatic heterocycles. The Morgan fingerprint density at radius 2 is 2.14 bits per heavy atom. The van der Waals surface area contributed by atoms with E-state index in [0.29, 0.717) is 30.3 Å². The number of hydrogen-bond donors (Lipinski definition) is 3. The van der Waals surface area contributed by atoms with Crippen LogP contribution in [0.1, 0.15) is 32.8 Å². The van der Waals surface area contributed by atoms with Crippen LogP contribution in [0.25, 0.3) is 0 Å². The molecule has 1 aromatic carbocycles. The van der Waals surface area contributed by atoms with E-state index in [2.05, 4.69) is 26.9 Å². The predicted octanol–water partition coefficient (Wildman–Crippen LogP) is 2.04. The van der Waals surface area contributed by atoms with Crippen molar-refractivity contribution < 1.29 is 9.59 Å². The molecule has 0 bridgehead atoms. The van der Waals surface area contributed by atoms with E-state index in [1.807, 2.05) is 25.7 Å². The average molecular weight is 511 g/mol. The molecule has 1 fully saturated rings. The van der Waals surface area contributed by atoms with Gasteiger partial charge in [-0.1, -0.05) is 25.8 Å². The quantitative estimate of drug-likeness (QED) is 0.236. The molecule has 1 atom stereocenters. The Kier molecular flexibility index (Phi) is 10.5. The first-order valence-electron chi connectivity index (χ1n) is 9.63. The van der Waals surface area contributed by atoms with Gasteiger partial charge in [0.1, 0.15) is 6.54 Å². The summed E-state index contributed by atoms with van der Waals surface area (Å²) in [5, 5.41) is 9.25. The SMILES string of the molecule is C#Cc1cccc(NC(=O)CN=C(NCC)NC2CCN(C(=O)C(C)C)C2)c1.I. The molecule has 0 spiro atoms. The van der Waals surface area contributed by atoms with Crippen molar-refractivity contribution in [3.05, 3.63) is 29.8 Å². The van der Waals surface area contributed by atoms with E-state index in [4.69, 9.17) is 6.42 Å². The van der Waals surface area contributed by atoms with Crippen LogP contribution in [0.15, 0.2) is 29.3 Å². The number of carbonyl (C=O) groups is 2. The zero-order valence-electron chi connectivity index (χ0n) is 17.2. The van der Waals surface area contributed by atoms with Gasteiger partial charge in [-0.25, -0.2) is 4.99 Å². The van der Waals surface area contributed by atoms with Crippen molar-refractivity contribution >= 4 is 47.4 Å². The number of amides is 2. The van der Waals surface area contributed by atoms with Crippen LogP contribution in [0.3, 0.4) is 0 Å². The monoisotopic (exact) mass is 511 g/mol. The average Bonchev–Trinajstić information content (AvgIpc) is 3.14. The van der Waals surface area contributed by atoms with E-state index in [1.165, 1.54) is 0 Å². The van der Waals surface area contributed by atoms with Gasteiger partial charge < -0.3 is 20.9 Å². The van der Waals surface area contributed by atoms with Gasteiger partial charge in [0.2, 0.25) is 11.8 Å². The van der Waals surface area contributed by atoms with Crippen molar-refractivity contribution in [2.75, 3.05) is 31.5 Å². The smallest absolute Gasteiger partial charge is 0.246 e. The topological polar surface area (TPSA) is 85.8 Å². The third kappa shape index (κ3) is 7.93. The van der Waals surface area contributed by atoms with Gasteiger partial charge >= 0.3 is 0 Å². The number of nitrogens with one attached hydrogen (secondary N) is 3. The van der Waals surface area contributed by atoms with Crippen LogP contribution in [-0.2, 0) is 9.59 Å². The number of guanidine groups is 1. The Balaban J connectivity index is 0.00000420. The predicted molar refractivity (Wildman–Crippen MR) is 127 cm³/mol. The molecular weight excluding hydrogens is 481 g/mol. The Labute approximate surface area is 190 Å². The number of likely N-dealkylation sites (tertiary alicyclic amines) is 1. The molecule has 1 aromatic rings. The molecule has 158 valence electrons. The zero-order valence-corrected chi connectivity index (χ0v) is 19.5. The molecule has 0 radical (unpaired) electrons. The summed E-state index contributed by atoms with van der Waals surface area (Å²) < 4.78 is 0. The normalized spacial score (nSPS) is 16.0. The minimum atomic E-state index is -0.227. The maximum Gasteiger partial charge on any atom is 0.246 e. The van der Waals surface area contributed by atoms with Crippen LogP contribution >= 0.6 is 24.0 Å². The number of rotatable bonds is 6. The molecule has 0 aliphatic carbocycles. The van der Waals surface area contributed by atoms with Gasteiger partial charge in [0.25, 0.3) is 0 Å². The fourth-order valence-corrected chi connectivity index (χ4v) is 2.99. The number of carbonyl (C=O) groups excluding carboxylic acids is 2. The second-order valence-electron chi connectivity index (χ2n) is 7.04. The lowest BCUT2D eigenvalue weighted by molar-refractivity contribution is -0.133. The van der Waals surface area contributed by atoms with Gasteiger partial charge in [0, 0.05) is 42.8 Å². The lowest BCUT2D eigenvalue weighted by Gasteiger charge is -2.20. The fraction of sp³-hybridized carbons (Fsp3) is 0.476. The summed E-state index contributed by atoms with van der Waals surface area (Å²) in [6, 6.07) is 7.24. The second-order valence-corrected chi connectivity index (χ2v) is 7.04. The molecule has 2 rings (SSSR count). The van der Waals surface area contributed by atoms with Crippen molar-refractivity contribution in [1.29, 1.82) is 0 Å². The van der Waals surface area contributed by atoms with E-state index < -0.39 is 0 Å². The molecule has 1 aliphatic rings. The number of hydrogen-bond acceptors (Lipinski definition) is 3. The lowest BCUT2D eigenvalue weighted by atomic mass is 10.2. The second kappa shape index (κ2) is 12.3. The zero-order chi connectivity index (χ0) is 20.5. The maximum atomic E-state index is 12.2. The van der Waals surface area contributed by atoms with Crippen molar-refractivity contribution in [3.8, 4) is 12.3 Å². The van der Waals surface area contributed by atoms with Crippen molar-refractivity contribution in [2.24, 2.45) is 10.9 Å². The summed E-state index contributed by atoms with van der Waals surface area (Å²) in [6.45, 7) is 7.83. The molecule has 1 saturated heterocycles. The number of halogens is 1. The highest BCUT2D eigenvalue weighted by atomic mass is 127. The molecule has 1 unspecified atom stereocenters. The minimum absolute atomic E-state index is 0. The molecule has 1 aliphatic heterocycles. The molecule has 3 N–H and O–H groups in total. The van der Waals surface area contributed by atoms with Gasteiger partial charge in [-0.05, 0) is 31.5 Å². The van der Waals surface area contributed by atoms with Gasteiger partial charge in [-0.15, -0.1) is 30.4 Å². The van der Waals surface area contributed by atoms with E-state index in [1.54, 1.807) is 24.3 Å². The molecule has 8 heteroatoms. The molecule has 29 heavy (non-hydrogen) atoms. The Morgan fingerprint density at radius 3 is 2.79 bits per heavy atom. The number of nitrogens with zero attached hydrogens (tertiary/aromatic N) is 2. The van der Waals surface area contributed by atoms with E-state index in [0.717, 1.165) is 13.0 Å². The van der Waals surface area contributed by atoms with Gasteiger partial charge in [0.15, 0.2) is 5.96 Å². The highest BCUT2D eigenvalue weighted by Crippen LogP contribution is 2.13. The Morgan fingerprint density at radius 1 is 1.38 bits per heavy atom. The molecule has 1 heterocycles. The first-order valence-corrected chi connectivity index (χ1v) is 9.63. The number of benzene rings is 1. The molecule has 2 amide bonds. The number of aliphatic imine (C=N–C) groups is 1. The summed E-state index contributed by atoms with van der Waals surface area (Å²) in [7, 11) is 0. The summed E-state index contributed by atoms with van der Waals surface area (Å²) in [5.74, 6) is 3.04. The summed E-state index contributed by atoms with van der Waals surface area (Å²) in [5.41, 5.74) is 1.35. The highest BCUT2D eigenvalue weighted by Gasteiger charge is 2.27. The summed E-state index contributed by atoms with van der Waals surface area (Å²) >= 11 is 0. The maximum absolute atomic E-state index is 12.2. The number of anilines is 1. The van der Waals surface area contributed by atoms with Crippen LogP contribution in [-0.4, -0.2) is 54.9 Å². The van der Waals surface area contributed by atoms with Crippen molar-refractivity contribution in [3.63, 3.8) is 0 Å². The lowest BCUT2D eigenvalue weighted by Crippen LogP contribution is -2.45. The molecule has 0 saturated carbocycles. The summed E-state index contributed by atoms with van der Waals surface area (Å²) in [6.07, 6.45) is 6.23. The van der Waals surface area contributed by atoms with Gasteiger partial charge in [-0.3, -0.25) is 9.59 Å². The highest BCUT2D eigenvalue weighted by molar-refractivity contribution is 14.0. The van der Waals surface area contributed by atoms with E-state index >= 15 is 0 Å². The van der Waals surface area contributed by atoms with E-state index in [-0.39, 0.29) is 54.3 Å². The van der Waals surface area contributed by atoms with Gasteiger partial charge in [-0.2, -0.15) is 0 Å². The van der Waals surface area contributed by atoms with Crippen LogP contribution in [0.4, 0.5) is 5.69 Å². The van der Waals surface area contributed by atoms with Crippen molar-refractivity contribution in [1.82, 2.24) is 15.5 Å². The van der Waals surface area contributed by atoms with E-state index in [9.17, 15) is 9.59 Å². The first-order chi connectivity index (χ1) is 13.4. The summed E-state index contributed by atoms with van der Waals surface area (Å²) in [4.78, 5) is 30.6. The van der Waals surface area contributed by atoms with Crippen LogP contribution in [0.2, 0.25) is 0 Å². The molecule has 7 nitrogen and oxygen atoms in total. The van der Waals surface area contributed by atoms with Gasteiger partial charge in [0.05, 0.1) is 0 Å². The number of terminal acetylenes is 1.